The van der Waals surface area contributed by atoms with Gasteiger partial charge in [0, 0.05) is 15.8 Å². The third kappa shape index (κ3) is 2.98. The van der Waals surface area contributed by atoms with Gasteiger partial charge in [-0.15, -0.1) is 11.3 Å². The summed E-state index contributed by atoms with van der Waals surface area (Å²) in [7, 11) is 0. The van der Waals surface area contributed by atoms with Crippen molar-refractivity contribution in [3.63, 3.8) is 0 Å². The summed E-state index contributed by atoms with van der Waals surface area (Å²) >= 11 is 1.88. The third-order valence-electron chi connectivity index (χ3n) is 6.09. The lowest BCUT2D eigenvalue weighted by Gasteiger charge is -2.19. The van der Waals surface area contributed by atoms with Crippen LogP contribution in [0.3, 0.4) is 0 Å². The van der Waals surface area contributed by atoms with Gasteiger partial charge < -0.3 is 9.47 Å². The van der Waals surface area contributed by atoms with Crippen molar-refractivity contribution in [3.05, 3.63) is 64.5 Å². The summed E-state index contributed by atoms with van der Waals surface area (Å²) in [4.78, 5) is 7.81. The third-order valence-corrected chi connectivity index (χ3v) is 7.28. The minimum absolute atomic E-state index is 0.592. The summed E-state index contributed by atoms with van der Waals surface area (Å²) in [6.07, 6.45) is 4.91. The monoisotopic (exact) mass is 413 g/mol. The summed E-state index contributed by atoms with van der Waals surface area (Å²) in [5.74, 6) is 1.62. The molecule has 150 valence electrons. The van der Waals surface area contributed by atoms with E-state index in [2.05, 4.69) is 49.4 Å². The lowest BCUT2D eigenvalue weighted by molar-refractivity contribution is 0.171. The molecule has 0 amide bonds. The molecule has 0 saturated carbocycles. The number of aromatic nitrogens is 1. The van der Waals surface area contributed by atoms with Crippen LogP contribution in [0.5, 0.6) is 11.5 Å². The van der Waals surface area contributed by atoms with E-state index in [-0.39, 0.29) is 0 Å². The van der Waals surface area contributed by atoms with Crippen LogP contribution in [0, 0.1) is 6.92 Å². The Morgan fingerprint density at radius 2 is 1.73 bits per heavy atom. The summed E-state index contributed by atoms with van der Waals surface area (Å²) in [6, 6.07) is 17.3. The first kappa shape index (κ1) is 18.0. The molecular weight excluding hydrogens is 390 g/mol. The Kier molecular flexibility index (Phi) is 4.27. The van der Waals surface area contributed by atoms with Crippen LogP contribution in [0.1, 0.15) is 28.8 Å². The Bertz CT molecular complexity index is 1270. The first-order valence-electron chi connectivity index (χ1n) is 10.7. The maximum absolute atomic E-state index is 5.82. The van der Waals surface area contributed by atoms with Gasteiger partial charge in [0.05, 0.1) is 5.69 Å². The second-order valence-corrected chi connectivity index (χ2v) is 9.26. The average molecular weight is 414 g/mol. The molecule has 4 heteroatoms. The highest BCUT2D eigenvalue weighted by Crippen LogP contribution is 2.43. The van der Waals surface area contributed by atoms with Gasteiger partial charge in [-0.3, -0.25) is 0 Å². The number of aryl methyl sites for hydroxylation is 3. The largest absolute Gasteiger partial charge is 0.486 e. The minimum atomic E-state index is 0.592. The number of rotatable bonds is 2. The van der Waals surface area contributed by atoms with Crippen molar-refractivity contribution in [1.29, 1.82) is 0 Å². The van der Waals surface area contributed by atoms with Gasteiger partial charge in [-0.2, -0.15) is 0 Å². The molecule has 0 saturated heterocycles. The summed E-state index contributed by atoms with van der Waals surface area (Å²) in [6.45, 7) is 3.36. The number of hydrogen-bond donors (Lipinski definition) is 0. The molecule has 0 radical (unpaired) electrons. The molecule has 2 aromatic carbocycles. The van der Waals surface area contributed by atoms with Crippen LogP contribution in [0.2, 0.25) is 0 Å². The molecule has 1 aliphatic heterocycles. The summed E-state index contributed by atoms with van der Waals surface area (Å²) < 4.78 is 11.5. The number of hydrogen-bond acceptors (Lipinski definition) is 4. The van der Waals surface area contributed by atoms with Crippen molar-refractivity contribution in [1.82, 2.24) is 4.98 Å². The van der Waals surface area contributed by atoms with Crippen LogP contribution in [0.4, 0.5) is 0 Å². The van der Waals surface area contributed by atoms with E-state index in [0.29, 0.717) is 13.2 Å². The normalized spacial score (nSPS) is 15.2. The van der Waals surface area contributed by atoms with E-state index >= 15 is 0 Å². The van der Waals surface area contributed by atoms with Crippen molar-refractivity contribution in [3.8, 4) is 33.9 Å². The highest BCUT2D eigenvalue weighted by Gasteiger charge is 2.22. The van der Waals surface area contributed by atoms with E-state index in [1.54, 1.807) is 0 Å². The Morgan fingerprint density at radius 1 is 0.867 bits per heavy atom. The number of thiophene rings is 1. The number of benzene rings is 2. The molecule has 0 spiro atoms. The maximum atomic E-state index is 5.82. The molecule has 3 heterocycles. The van der Waals surface area contributed by atoms with Gasteiger partial charge in [0.15, 0.2) is 11.5 Å². The van der Waals surface area contributed by atoms with Gasteiger partial charge in [0.1, 0.15) is 18.0 Å². The van der Waals surface area contributed by atoms with Gasteiger partial charge in [-0.1, -0.05) is 29.8 Å². The lowest BCUT2D eigenvalue weighted by Crippen LogP contribution is -2.15. The molecule has 1 aliphatic carbocycles. The van der Waals surface area contributed by atoms with Gasteiger partial charge in [0.25, 0.3) is 0 Å². The molecule has 3 nitrogen and oxygen atoms in total. The molecule has 30 heavy (non-hydrogen) atoms. The van der Waals surface area contributed by atoms with Gasteiger partial charge >= 0.3 is 0 Å². The van der Waals surface area contributed by atoms with Crippen LogP contribution in [0.25, 0.3) is 32.6 Å². The SMILES string of the molecule is Cc1cccc(-c2cc(-c3ccc4c(c3)OCCO4)nc3sc4c(c23)CCCC4)c1. The van der Waals surface area contributed by atoms with E-state index in [4.69, 9.17) is 14.5 Å². The van der Waals surface area contributed by atoms with Crippen LogP contribution in [-0.2, 0) is 12.8 Å². The van der Waals surface area contributed by atoms with Gasteiger partial charge in [-0.05, 0) is 73.6 Å². The summed E-state index contributed by atoms with van der Waals surface area (Å²) in [5, 5.41) is 1.36. The molecule has 0 unspecified atom stereocenters. The highest BCUT2D eigenvalue weighted by atomic mass is 32.1. The molecular formula is C26H23NO2S. The van der Waals surface area contributed by atoms with Gasteiger partial charge in [-0.25, -0.2) is 4.98 Å². The predicted molar refractivity (Wildman–Crippen MR) is 123 cm³/mol. The number of fused-ring (bicyclic) bond motifs is 4. The second-order valence-electron chi connectivity index (χ2n) is 8.17. The van der Waals surface area contributed by atoms with Crippen molar-refractivity contribution in [2.45, 2.75) is 32.6 Å². The molecule has 6 rings (SSSR count). The summed E-state index contributed by atoms with van der Waals surface area (Å²) in [5.41, 5.74) is 7.44. The fraction of sp³-hybridized carbons (Fsp3) is 0.269. The van der Waals surface area contributed by atoms with Crippen molar-refractivity contribution in [2.24, 2.45) is 0 Å². The van der Waals surface area contributed by atoms with Gasteiger partial charge in [0.2, 0.25) is 0 Å². The Morgan fingerprint density at radius 3 is 2.63 bits per heavy atom. The molecule has 0 fully saturated rings. The zero-order chi connectivity index (χ0) is 20.1. The Balaban J connectivity index is 1.59. The van der Waals surface area contributed by atoms with E-state index in [1.165, 1.54) is 58.2 Å². The van der Waals surface area contributed by atoms with E-state index < -0.39 is 0 Å². The molecule has 4 aromatic rings. The number of ether oxygens (including phenoxy) is 2. The molecule has 0 N–H and O–H groups in total. The molecule has 0 atom stereocenters. The topological polar surface area (TPSA) is 31.4 Å². The van der Waals surface area contributed by atoms with E-state index in [0.717, 1.165) is 27.6 Å². The van der Waals surface area contributed by atoms with Crippen LogP contribution in [-0.4, -0.2) is 18.2 Å². The second kappa shape index (κ2) is 7.13. The zero-order valence-corrected chi connectivity index (χ0v) is 17.8. The molecule has 0 bridgehead atoms. The first-order chi connectivity index (χ1) is 14.8. The highest BCUT2D eigenvalue weighted by molar-refractivity contribution is 7.19. The van der Waals surface area contributed by atoms with Crippen LogP contribution < -0.4 is 9.47 Å². The Hall–Kier alpha value is -2.85. The minimum Gasteiger partial charge on any atom is -0.486 e. The Labute approximate surface area is 180 Å². The number of nitrogens with zero attached hydrogens (tertiary/aromatic N) is 1. The van der Waals surface area contributed by atoms with Crippen LogP contribution >= 0.6 is 11.3 Å². The zero-order valence-electron chi connectivity index (χ0n) is 17.0. The van der Waals surface area contributed by atoms with E-state index in [1.807, 2.05) is 17.4 Å². The maximum Gasteiger partial charge on any atom is 0.162 e. The first-order valence-corrected chi connectivity index (χ1v) is 11.5. The van der Waals surface area contributed by atoms with E-state index in [9.17, 15) is 0 Å². The van der Waals surface area contributed by atoms with Crippen molar-refractivity contribution < 1.29 is 9.47 Å². The van der Waals surface area contributed by atoms with Crippen molar-refractivity contribution in [2.75, 3.05) is 13.2 Å². The van der Waals surface area contributed by atoms with Crippen LogP contribution in [0.15, 0.2) is 48.5 Å². The number of pyridine rings is 1. The predicted octanol–water partition coefficient (Wildman–Crippen LogP) is 6.59. The fourth-order valence-corrected chi connectivity index (χ4v) is 5.94. The van der Waals surface area contributed by atoms with Crippen molar-refractivity contribution >= 4 is 21.6 Å². The average Bonchev–Trinajstić information content (AvgIpc) is 3.16. The molecule has 2 aromatic heterocycles. The smallest absolute Gasteiger partial charge is 0.162 e. The quantitative estimate of drug-likeness (QED) is 0.371. The lowest BCUT2D eigenvalue weighted by atomic mass is 9.91. The fourth-order valence-electron chi connectivity index (χ4n) is 4.65. The standard InChI is InChI=1S/C26H23NO2S/c1-16-5-4-6-17(13-16)20-15-21(18-9-10-22-23(14-18)29-12-11-28-22)27-26-25(20)19-7-2-3-8-24(19)30-26/h4-6,9-10,13-15H,2-3,7-8,11-12H2,1H3. The molecule has 2 aliphatic rings.